The van der Waals surface area contributed by atoms with Gasteiger partial charge in [0.25, 0.3) is 0 Å². The molecule has 0 aromatic carbocycles. The van der Waals surface area contributed by atoms with Gasteiger partial charge in [0.1, 0.15) is 0 Å². The molecule has 15 heavy (non-hydrogen) atoms. The fourth-order valence-corrected chi connectivity index (χ4v) is 1.37. The molecule has 0 heterocycles. The first kappa shape index (κ1) is 14.9. The van der Waals surface area contributed by atoms with Crippen LogP contribution in [0.1, 0.15) is 60.3 Å². The first-order valence-corrected chi connectivity index (χ1v) is 6.43. The van der Waals surface area contributed by atoms with Gasteiger partial charge in [-0.2, -0.15) is 0 Å². The van der Waals surface area contributed by atoms with Crippen LogP contribution in [0.5, 0.6) is 0 Å². The SMILES string of the molecule is CCCNC(CCC)COC(C)(C)CC. The van der Waals surface area contributed by atoms with Crippen LogP contribution in [0.4, 0.5) is 0 Å². The number of hydrogen-bond acceptors (Lipinski definition) is 2. The molecule has 0 rings (SSSR count). The van der Waals surface area contributed by atoms with E-state index in [1.54, 1.807) is 0 Å². The normalized spacial score (nSPS) is 14.2. The van der Waals surface area contributed by atoms with Gasteiger partial charge in [-0.25, -0.2) is 0 Å². The Hall–Kier alpha value is -0.0800. The molecule has 0 aliphatic rings. The molecule has 0 aliphatic heterocycles. The second-order valence-electron chi connectivity index (χ2n) is 4.86. The molecular weight excluding hydrogens is 186 g/mol. The first-order valence-electron chi connectivity index (χ1n) is 6.43. The van der Waals surface area contributed by atoms with Gasteiger partial charge in [0, 0.05) is 6.04 Å². The van der Waals surface area contributed by atoms with Crippen molar-refractivity contribution < 1.29 is 4.74 Å². The lowest BCUT2D eigenvalue weighted by atomic mass is 10.1. The molecule has 0 spiro atoms. The standard InChI is InChI=1S/C13H29NO/c1-6-9-12(14-10-7-2)11-15-13(4,5)8-3/h12,14H,6-11H2,1-5H3. The van der Waals surface area contributed by atoms with E-state index in [0.717, 1.165) is 19.6 Å². The number of ether oxygens (including phenoxy) is 1. The van der Waals surface area contributed by atoms with E-state index in [0.29, 0.717) is 6.04 Å². The van der Waals surface area contributed by atoms with Crippen molar-refractivity contribution in [1.82, 2.24) is 5.32 Å². The largest absolute Gasteiger partial charge is 0.374 e. The summed E-state index contributed by atoms with van der Waals surface area (Å²) in [6, 6.07) is 0.528. The van der Waals surface area contributed by atoms with E-state index in [1.807, 2.05) is 0 Å². The zero-order valence-corrected chi connectivity index (χ0v) is 11.2. The molecule has 0 aliphatic carbocycles. The van der Waals surface area contributed by atoms with Crippen molar-refractivity contribution >= 4 is 0 Å². The van der Waals surface area contributed by atoms with Crippen molar-refractivity contribution in [2.75, 3.05) is 13.2 Å². The lowest BCUT2D eigenvalue weighted by molar-refractivity contribution is -0.0312. The van der Waals surface area contributed by atoms with Gasteiger partial charge in [-0.05, 0) is 39.7 Å². The van der Waals surface area contributed by atoms with Crippen molar-refractivity contribution in [3.8, 4) is 0 Å². The van der Waals surface area contributed by atoms with Gasteiger partial charge in [0.05, 0.1) is 12.2 Å². The van der Waals surface area contributed by atoms with Crippen LogP contribution in [0, 0.1) is 0 Å². The molecule has 2 nitrogen and oxygen atoms in total. The minimum Gasteiger partial charge on any atom is -0.374 e. The van der Waals surface area contributed by atoms with Crippen LogP contribution in [-0.2, 0) is 4.74 Å². The number of rotatable bonds is 9. The summed E-state index contributed by atoms with van der Waals surface area (Å²) >= 11 is 0. The third-order valence-corrected chi connectivity index (χ3v) is 2.85. The molecule has 0 amide bonds. The topological polar surface area (TPSA) is 21.3 Å². The molecule has 0 saturated heterocycles. The van der Waals surface area contributed by atoms with Gasteiger partial charge < -0.3 is 10.1 Å². The summed E-state index contributed by atoms with van der Waals surface area (Å²) in [5.74, 6) is 0. The average Bonchev–Trinajstić information content (AvgIpc) is 2.22. The van der Waals surface area contributed by atoms with Gasteiger partial charge >= 0.3 is 0 Å². The summed E-state index contributed by atoms with van der Waals surface area (Å²) < 4.78 is 5.93. The van der Waals surface area contributed by atoms with E-state index < -0.39 is 0 Å². The van der Waals surface area contributed by atoms with Crippen molar-refractivity contribution in [2.45, 2.75) is 71.9 Å². The lowest BCUT2D eigenvalue weighted by Crippen LogP contribution is -2.37. The molecule has 0 radical (unpaired) electrons. The van der Waals surface area contributed by atoms with Gasteiger partial charge in [-0.15, -0.1) is 0 Å². The Labute approximate surface area is 95.8 Å². The van der Waals surface area contributed by atoms with Crippen LogP contribution in [0.2, 0.25) is 0 Å². The second-order valence-corrected chi connectivity index (χ2v) is 4.86. The molecule has 2 heteroatoms. The highest BCUT2D eigenvalue weighted by Crippen LogP contribution is 2.14. The maximum absolute atomic E-state index is 5.93. The van der Waals surface area contributed by atoms with Gasteiger partial charge in [0.15, 0.2) is 0 Å². The Morgan fingerprint density at radius 1 is 1.13 bits per heavy atom. The zero-order chi connectivity index (χ0) is 11.7. The van der Waals surface area contributed by atoms with Crippen molar-refractivity contribution in [3.63, 3.8) is 0 Å². The van der Waals surface area contributed by atoms with Crippen LogP contribution in [0.15, 0.2) is 0 Å². The Morgan fingerprint density at radius 2 is 1.80 bits per heavy atom. The summed E-state index contributed by atoms with van der Waals surface area (Å²) in [5, 5.41) is 3.54. The van der Waals surface area contributed by atoms with Crippen LogP contribution < -0.4 is 5.32 Å². The highest BCUT2D eigenvalue weighted by molar-refractivity contribution is 4.70. The van der Waals surface area contributed by atoms with E-state index in [4.69, 9.17) is 4.74 Å². The minimum atomic E-state index is 0.0277. The smallest absolute Gasteiger partial charge is 0.0626 e. The Kier molecular flexibility index (Phi) is 8.07. The highest BCUT2D eigenvalue weighted by atomic mass is 16.5. The van der Waals surface area contributed by atoms with E-state index in [2.05, 4.69) is 39.9 Å². The zero-order valence-electron chi connectivity index (χ0n) is 11.2. The van der Waals surface area contributed by atoms with Crippen molar-refractivity contribution in [2.24, 2.45) is 0 Å². The van der Waals surface area contributed by atoms with Crippen molar-refractivity contribution in [3.05, 3.63) is 0 Å². The molecule has 0 fully saturated rings. The minimum absolute atomic E-state index is 0.0277. The quantitative estimate of drug-likeness (QED) is 0.637. The van der Waals surface area contributed by atoms with E-state index in [-0.39, 0.29) is 5.60 Å². The first-order chi connectivity index (χ1) is 7.05. The van der Waals surface area contributed by atoms with Crippen LogP contribution >= 0.6 is 0 Å². The molecule has 1 unspecified atom stereocenters. The maximum Gasteiger partial charge on any atom is 0.0626 e. The number of hydrogen-bond donors (Lipinski definition) is 1. The third-order valence-electron chi connectivity index (χ3n) is 2.85. The van der Waals surface area contributed by atoms with Crippen LogP contribution in [0.25, 0.3) is 0 Å². The fraction of sp³-hybridized carbons (Fsp3) is 1.00. The lowest BCUT2D eigenvalue weighted by Gasteiger charge is -2.27. The molecule has 1 N–H and O–H groups in total. The van der Waals surface area contributed by atoms with E-state index in [1.165, 1.54) is 19.3 Å². The van der Waals surface area contributed by atoms with Crippen LogP contribution in [0.3, 0.4) is 0 Å². The molecule has 0 bridgehead atoms. The monoisotopic (exact) mass is 215 g/mol. The summed E-state index contributed by atoms with van der Waals surface area (Å²) in [5.41, 5.74) is 0.0277. The third kappa shape index (κ3) is 7.80. The molecule has 0 saturated carbocycles. The van der Waals surface area contributed by atoms with Gasteiger partial charge in [-0.1, -0.05) is 27.2 Å². The van der Waals surface area contributed by atoms with Gasteiger partial charge in [0.2, 0.25) is 0 Å². The van der Waals surface area contributed by atoms with Crippen molar-refractivity contribution in [1.29, 1.82) is 0 Å². The summed E-state index contributed by atoms with van der Waals surface area (Å²) in [6.07, 6.45) is 4.69. The summed E-state index contributed by atoms with van der Waals surface area (Å²) in [7, 11) is 0. The van der Waals surface area contributed by atoms with E-state index >= 15 is 0 Å². The molecule has 1 atom stereocenters. The number of nitrogens with one attached hydrogen (secondary N) is 1. The predicted molar refractivity (Wildman–Crippen MR) is 67.3 cm³/mol. The highest BCUT2D eigenvalue weighted by Gasteiger charge is 2.17. The predicted octanol–water partition coefficient (Wildman–Crippen LogP) is 3.36. The summed E-state index contributed by atoms with van der Waals surface area (Å²) in [4.78, 5) is 0. The molecule has 92 valence electrons. The van der Waals surface area contributed by atoms with Gasteiger partial charge in [-0.3, -0.25) is 0 Å². The Balaban J connectivity index is 3.83. The molecular formula is C13H29NO. The fourth-order valence-electron chi connectivity index (χ4n) is 1.37. The molecule has 0 aromatic heterocycles. The maximum atomic E-state index is 5.93. The summed E-state index contributed by atoms with van der Waals surface area (Å²) in [6.45, 7) is 12.9. The molecule has 0 aromatic rings. The Morgan fingerprint density at radius 3 is 2.27 bits per heavy atom. The van der Waals surface area contributed by atoms with Crippen LogP contribution in [-0.4, -0.2) is 24.8 Å². The second kappa shape index (κ2) is 8.12. The average molecular weight is 215 g/mol. The van der Waals surface area contributed by atoms with E-state index in [9.17, 15) is 0 Å². The Bertz CT molecular complexity index is 145.